The second kappa shape index (κ2) is 5.61. The Morgan fingerprint density at radius 1 is 1.32 bits per heavy atom. The lowest BCUT2D eigenvalue weighted by Crippen LogP contribution is -2.26. The zero-order valence-corrected chi connectivity index (χ0v) is 11.4. The van der Waals surface area contributed by atoms with E-state index in [0.717, 1.165) is 19.4 Å². The van der Waals surface area contributed by atoms with Crippen LogP contribution in [0.1, 0.15) is 37.0 Å². The summed E-state index contributed by atoms with van der Waals surface area (Å²) in [6.07, 6.45) is 2.59. The third-order valence-electron chi connectivity index (χ3n) is 4.32. The Labute approximate surface area is 114 Å². The number of hydrogen-bond acceptors (Lipinski definition) is 3. The van der Waals surface area contributed by atoms with E-state index in [-0.39, 0.29) is 24.2 Å². The molecule has 2 aliphatic heterocycles. The third-order valence-corrected chi connectivity index (χ3v) is 4.32. The molecule has 3 rings (SSSR count). The summed E-state index contributed by atoms with van der Waals surface area (Å²) in [4.78, 5) is 0. The van der Waals surface area contributed by atoms with Crippen LogP contribution in [0.5, 0.6) is 0 Å². The van der Waals surface area contributed by atoms with E-state index >= 15 is 0 Å². The van der Waals surface area contributed by atoms with Crippen molar-refractivity contribution in [1.29, 1.82) is 0 Å². The first-order chi connectivity index (χ1) is 9.24. The number of fused-ring (bicyclic) bond motifs is 1. The van der Waals surface area contributed by atoms with Gasteiger partial charge in [-0.05, 0) is 30.9 Å². The largest absolute Gasteiger partial charge is 0.393 e. The van der Waals surface area contributed by atoms with Crippen LogP contribution >= 0.6 is 0 Å². The summed E-state index contributed by atoms with van der Waals surface area (Å²) in [7, 11) is 0. The Hall–Kier alpha value is -0.900. The molecule has 0 aliphatic carbocycles. The molecule has 1 saturated heterocycles. The monoisotopic (exact) mass is 262 g/mol. The van der Waals surface area contributed by atoms with Gasteiger partial charge in [0.2, 0.25) is 0 Å². The molecule has 0 radical (unpaired) electrons. The molecule has 0 saturated carbocycles. The second-order valence-electron chi connectivity index (χ2n) is 5.75. The van der Waals surface area contributed by atoms with Gasteiger partial charge in [0.05, 0.1) is 31.5 Å². The Kier molecular flexibility index (Phi) is 3.87. The molecule has 0 spiro atoms. The topological polar surface area (TPSA) is 38.7 Å². The van der Waals surface area contributed by atoms with Crippen LogP contribution in [0, 0.1) is 5.92 Å². The van der Waals surface area contributed by atoms with Crippen molar-refractivity contribution in [2.24, 2.45) is 5.92 Å². The quantitative estimate of drug-likeness (QED) is 0.909. The van der Waals surface area contributed by atoms with Gasteiger partial charge in [0.25, 0.3) is 0 Å². The van der Waals surface area contributed by atoms with Crippen molar-refractivity contribution in [3.05, 3.63) is 35.4 Å². The first-order valence-corrected chi connectivity index (χ1v) is 7.23. The van der Waals surface area contributed by atoms with Crippen LogP contribution in [0.25, 0.3) is 0 Å². The molecule has 1 aromatic rings. The molecule has 0 amide bonds. The highest BCUT2D eigenvalue weighted by Gasteiger charge is 2.32. The first kappa shape index (κ1) is 13.1. The van der Waals surface area contributed by atoms with Crippen LogP contribution in [0.2, 0.25) is 0 Å². The molecule has 1 N–H and O–H groups in total. The summed E-state index contributed by atoms with van der Waals surface area (Å²) in [6, 6.07) is 8.41. The molecule has 4 unspecified atom stereocenters. The zero-order valence-electron chi connectivity index (χ0n) is 11.4. The maximum Gasteiger partial charge on any atom is 0.0852 e. The third kappa shape index (κ3) is 2.83. The van der Waals surface area contributed by atoms with E-state index in [0.29, 0.717) is 13.0 Å². The summed E-state index contributed by atoms with van der Waals surface area (Å²) < 4.78 is 11.4. The van der Waals surface area contributed by atoms with Crippen molar-refractivity contribution in [2.45, 2.75) is 44.5 Å². The van der Waals surface area contributed by atoms with Gasteiger partial charge in [-0.1, -0.05) is 24.3 Å². The van der Waals surface area contributed by atoms with Gasteiger partial charge in [-0.3, -0.25) is 0 Å². The van der Waals surface area contributed by atoms with Gasteiger partial charge in [0.15, 0.2) is 0 Å². The summed E-state index contributed by atoms with van der Waals surface area (Å²) >= 11 is 0. The summed E-state index contributed by atoms with van der Waals surface area (Å²) in [5.41, 5.74) is 2.61. The summed E-state index contributed by atoms with van der Waals surface area (Å²) in [5.74, 6) is 0.257. The van der Waals surface area contributed by atoms with Crippen molar-refractivity contribution in [1.82, 2.24) is 0 Å². The van der Waals surface area contributed by atoms with E-state index in [2.05, 4.69) is 25.1 Å². The van der Waals surface area contributed by atoms with Crippen LogP contribution in [-0.2, 0) is 15.9 Å². The van der Waals surface area contributed by atoms with Gasteiger partial charge in [0, 0.05) is 12.3 Å². The minimum absolute atomic E-state index is 0.0378. The minimum atomic E-state index is -0.332. The van der Waals surface area contributed by atoms with Crippen LogP contribution in [0.3, 0.4) is 0 Å². The fraction of sp³-hybridized carbons (Fsp3) is 0.625. The van der Waals surface area contributed by atoms with Crippen LogP contribution in [0.15, 0.2) is 24.3 Å². The van der Waals surface area contributed by atoms with E-state index in [1.165, 1.54) is 11.1 Å². The Bertz CT molecular complexity index is 432. The smallest absolute Gasteiger partial charge is 0.0852 e. The Morgan fingerprint density at radius 2 is 2.16 bits per heavy atom. The van der Waals surface area contributed by atoms with E-state index < -0.39 is 0 Å². The normalized spacial score (nSPS) is 32.0. The molecule has 1 fully saturated rings. The van der Waals surface area contributed by atoms with Crippen molar-refractivity contribution >= 4 is 0 Å². The van der Waals surface area contributed by atoms with E-state index in [1.807, 2.05) is 6.07 Å². The molecule has 1 aromatic carbocycles. The van der Waals surface area contributed by atoms with Gasteiger partial charge in [-0.15, -0.1) is 0 Å². The van der Waals surface area contributed by atoms with Gasteiger partial charge in [-0.25, -0.2) is 0 Å². The van der Waals surface area contributed by atoms with Crippen molar-refractivity contribution in [2.75, 3.05) is 13.2 Å². The highest BCUT2D eigenvalue weighted by molar-refractivity contribution is 5.30. The summed E-state index contributed by atoms with van der Waals surface area (Å²) in [5, 5.41) is 10.4. The standard InChI is InChI=1S/C16H22O3/c1-11-8-13(10-19-11)15(17)9-16-14-5-3-2-4-12(14)6-7-18-16/h2-5,11,13,15-17H,6-10H2,1H3. The molecule has 3 nitrogen and oxygen atoms in total. The number of benzene rings is 1. The van der Waals surface area contributed by atoms with E-state index in [1.54, 1.807) is 0 Å². The van der Waals surface area contributed by atoms with Crippen molar-refractivity contribution in [3.63, 3.8) is 0 Å². The molecule has 2 aliphatic rings. The lowest BCUT2D eigenvalue weighted by atomic mass is 9.89. The van der Waals surface area contributed by atoms with Gasteiger partial charge in [0.1, 0.15) is 0 Å². The number of aliphatic hydroxyl groups excluding tert-OH is 1. The predicted octanol–water partition coefficient (Wildman–Crippen LogP) is 2.48. The van der Waals surface area contributed by atoms with Crippen molar-refractivity contribution < 1.29 is 14.6 Å². The number of aliphatic hydroxyl groups is 1. The number of ether oxygens (including phenoxy) is 2. The first-order valence-electron chi connectivity index (χ1n) is 7.23. The molecule has 2 heterocycles. The highest BCUT2D eigenvalue weighted by atomic mass is 16.5. The molecular weight excluding hydrogens is 240 g/mol. The molecule has 104 valence electrons. The molecule has 4 atom stereocenters. The Balaban J connectivity index is 1.67. The van der Waals surface area contributed by atoms with Gasteiger partial charge in [-0.2, -0.15) is 0 Å². The average Bonchev–Trinajstić information content (AvgIpc) is 2.86. The highest BCUT2D eigenvalue weighted by Crippen LogP contribution is 2.33. The SMILES string of the molecule is CC1CC(C(O)CC2OCCc3ccccc32)CO1. The van der Waals surface area contributed by atoms with Crippen LogP contribution in [0.4, 0.5) is 0 Å². The lowest BCUT2D eigenvalue weighted by molar-refractivity contribution is -0.0130. The Morgan fingerprint density at radius 3 is 2.95 bits per heavy atom. The minimum Gasteiger partial charge on any atom is -0.393 e. The fourth-order valence-electron chi connectivity index (χ4n) is 3.20. The van der Waals surface area contributed by atoms with Crippen molar-refractivity contribution in [3.8, 4) is 0 Å². The number of hydrogen-bond donors (Lipinski definition) is 1. The lowest BCUT2D eigenvalue weighted by Gasteiger charge is -2.29. The van der Waals surface area contributed by atoms with Gasteiger partial charge >= 0.3 is 0 Å². The molecular formula is C16H22O3. The van der Waals surface area contributed by atoms with E-state index in [4.69, 9.17) is 9.47 Å². The zero-order chi connectivity index (χ0) is 13.2. The molecule has 3 heteroatoms. The van der Waals surface area contributed by atoms with Gasteiger partial charge < -0.3 is 14.6 Å². The fourth-order valence-corrected chi connectivity index (χ4v) is 3.20. The average molecular weight is 262 g/mol. The molecule has 19 heavy (non-hydrogen) atoms. The maximum absolute atomic E-state index is 10.4. The molecule has 0 aromatic heterocycles. The predicted molar refractivity (Wildman–Crippen MR) is 73.0 cm³/mol. The maximum atomic E-state index is 10.4. The van der Waals surface area contributed by atoms with E-state index in [9.17, 15) is 5.11 Å². The number of rotatable bonds is 3. The molecule has 0 bridgehead atoms. The van der Waals surface area contributed by atoms with Crippen LogP contribution < -0.4 is 0 Å². The summed E-state index contributed by atoms with van der Waals surface area (Å²) in [6.45, 7) is 3.50. The van der Waals surface area contributed by atoms with Crippen LogP contribution in [-0.4, -0.2) is 30.5 Å². The second-order valence-corrected chi connectivity index (χ2v) is 5.75.